The molecule has 0 aromatic rings. The smallest absolute Gasteiger partial charge is 0.337 e. The fourth-order valence-electron chi connectivity index (χ4n) is 2.51. The van der Waals surface area contributed by atoms with E-state index in [4.69, 9.17) is 9.47 Å². The second-order valence-corrected chi connectivity index (χ2v) is 6.68. The second kappa shape index (κ2) is 7.03. The Morgan fingerprint density at radius 1 is 0.818 bits per heavy atom. The number of cyclic esters (lactones) is 2. The summed E-state index contributed by atoms with van der Waals surface area (Å²) in [5.41, 5.74) is 0. The van der Waals surface area contributed by atoms with Gasteiger partial charge in [-0.25, -0.2) is 19.6 Å². The maximum atomic E-state index is 11.7. The summed E-state index contributed by atoms with van der Waals surface area (Å²) in [5.74, 6) is 1.04. The molecule has 0 saturated carbocycles. The zero-order valence-corrected chi connectivity index (χ0v) is 13.7. The number of esters is 2. The Labute approximate surface area is 131 Å². The summed E-state index contributed by atoms with van der Waals surface area (Å²) >= 11 is 0. The standard InChI is InChI=1S/C16H24N2O4/c1-9(2)7-11-15(19)21-13(17-11)5-6-14-18-12(8-10(3)4)16(20)22-14/h9-12H,5-8H2,1-4H3. The molecule has 2 rings (SSSR count). The first-order chi connectivity index (χ1) is 10.3. The Balaban J connectivity index is 1.86. The highest BCUT2D eigenvalue weighted by molar-refractivity contribution is 6.01. The lowest BCUT2D eigenvalue weighted by molar-refractivity contribution is -0.136. The lowest BCUT2D eigenvalue weighted by Crippen LogP contribution is -2.17. The Hall–Kier alpha value is -1.72. The van der Waals surface area contributed by atoms with Crippen LogP contribution < -0.4 is 0 Å². The predicted molar refractivity (Wildman–Crippen MR) is 82.8 cm³/mol. The van der Waals surface area contributed by atoms with E-state index in [1.807, 2.05) is 27.7 Å². The van der Waals surface area contributed by atoms with Crippen molar-refractivity contribution in [3.63, 3.8) is 0 Å². The maximum absolute atomic E-state index is 11.7. The zero-order valence-electron chi connectivity index (χ0n) is 13.7. The molecule has 2 atom stereocenters. The average Bonchev–Trinajstić information content (AvgIpc) is 2.90. The van der Waals surface area contributed by atoms with Crippen LogP contribution >= 0.6 is 0 Å². The van der Waals surface area contributed by atoms with E-state index in [1.54, 1.807) is 0 Å². The number of hydrogen-bond acceptors (Lipinski definition) is 6. The van der Waals surface area contributed by atoms with Gasteiger partial charge in [0.2, 0.25) is 0 Å². The van der Waals surface area contributed by atoms with Crippen LogP contribution in [0.25, 0.3) is 0 Å². The van der Waals surface area contributed by atoms with Crippen LogP contribution in [0.4, 0.5) is 0 Å². The van der Waals surface area contributed by atoms with Crippen LogP contribution in [-0.4, -0.2) is 35.8 Å². The number of ether oxygens (including phenoxy) is 2. The van der Waals surface area contributed by atoms with E-state index in [2.05, 4.69) is 9.98 Å². The molecule has 0 amide bonds. The highest BCUT2D eigenvalue weighted by atomic mass is 16.6. The van der Waals surface area contributed by atoms with E-state index in [9.17, 15) is 9.59 Å². The topological polar surface area (TPSA) is 77.3 Å². The van der Waals surface area contributed by atoms with Crippen LogP contribution in [0.2, 0.25) is 0 Å². The number of carbonyl (C=O) groups is 2. The molecule has 0 spiro atoms. The normalized spacial score (nSPS) is 24.6. The molecule has 0 bridgehead atoms. The van der Waals surface area contributed by atoms with Crippen LogP contribution in [0.5, 0.6) is 0 Å². The summed E-state index contributed by atoms with van der Waals surface area (Å²) in [4.78, 5) is 32.0. The van der Waals surface area contributed by atoms with Crippen molar-refractivity contribution in [1.29, 1.82) is 0 Å². The van der Waals surface area contributed by atoms with E-state index >= 15 is 0 Å². The lowest BCUT2D eigenvalue weighted by atomic mass is 10.1. The third-order valence-corrected chi connectivity index (χ3v) is 3.52. The molecule has 0 aliphatic carbocycles. The van der Waals surface area contributed by atoms with Gasteiger partial charge in [-0.3, -0.25) is 0 Å². The maximum Gasteiger partial charge on any atom is 0.337 e. The first-order valence-electron chi connectivity index (χ1n) is 7.92. The quantitative estimate of drug-likeness (QED) is 0.677. The van der Waals surface area contributed by atoms with Crippen LogP contribution in [-0.2, 0) is 19.1 Å². The number of rotatable bonds is 7. The van der Waals surface area contributed by atoms with Crippen molar-refractivity contribution in [3.8, 4) is 0 Å². The molecule has 2 unspecified atom stereocenters. The monoisotopic (exact) mass is 308 g/mol. The number of carbonyl (C=O) groups excluding carboxylic acids is 2. The van der Waals surface area contributed by atoms with E-state index in [0.717, 1.165) is 0 Å². The molecular weight excluding hydrogens is 284 g/mol. The fourth-order valence-corrected chi connectivity index (χ4v) is 2.51. The molecule has 6 heteroatoms. The number of hydrogen-bond donors (Lipinski definition) is 0. The molecule has 0 aromatic carbocycles. The second-order valence-electron chi connectivity index (χ2n) is 6.68. The summed E-state index contributed by atoms with van der Waals surface area (Å²) in [6.07, 6.45) is 2.24. The van der Waals surface area contributed by atoms with Crippen molar-refractivity contribution in [3.05, 3.63) is 0 Å². The molecule has 6 nitrogen and oxygen atoms in total. The minimum atomic E-state index is -0.392. The third-order valence-electron chi connectivity index (χ3n) is 3.52. The van der Waals surface area contributed by atoms with Gasteiger partial charge in [0.1, 0.15) is 0 Å². The van der Waals surface area contributed by atoms with Gasteiger partial charge >= 0.3 is 11.9 Å². The molecule has 2 aliphatic heterocycles. The van der Waals surface area contributed by atoms with Crippen molar-refractivity contribution in [1.82, 2.24) is 0 Å². The van der Waals surface area contributed by atoms with Crippen molar-refractivity contribution >= 4 is 23.7 Å². The highest BCUT2D eigenvalue weighted by Crippen LogP contribution is 2.20. The zero-order chi connectivity index (χ0) is 16.3. The van der Waals surface area contributed by atoms with E-state index in [-0.39, 0.29) is 11.9 Å². The molecule has 122 valence electrons. The first-order valence-corrected chi connectivity index (χ1v) is 7.92. The van der Waals surface area contributed by atoms with Gasteiger partial charge in [-0.15, -0.1) is 0 Å². The van der Waals surface area contributed by atoms with E-state index < -0.39 is 12.1 Å². The van der Waals surface area contributed by atoms with Crippen LogP contribution in [0.15, 0.2) is 9.98 Å². The molecule has 0 saturated heterocycles. The van der Waals surface area contributed by atoms with Crippen molar-refractivity contribution in [2.45, 2.75) is 65.5 Å². The lowest BCUT2D eigenvalue weighted by Gasteiger charge is -2.05. The Morgan fingerprint density at radius 3 is 1.50 bits per heavy atom. The first kappa shape index (κ1) is 16.6. The SMILES string of the molecule is CC(C)CC1N=C(CCC2=NC(CC(C)C)C(=O)O2)OC1=O. The Morgan fingerprint density at radius 2 is 1.18 bits per heavy atom. The fraction of sp³-hybridized carbons (Fsp3) is 0.750. The molecule has 0 radical (unpaired) electrons. The van der Waals surface area contributed by atoms with Gasteiger partial charge in [-0.1, -0.05) is 27.7 Å². The van der Waals surface area contributed by atoms with E-state index in [1.165, 1.54) is 0 Å². The summed E-state index contributed by atoms with van der Waals surface area (Å²) < 4.78 is 10.3. The van der Waals surface area contributed by atoms with Crippen LogP contribution in [0, 0.1) is 11.8 Å². The molecule has 0 aromatic heterocycles. The number of nitrogens with zero attached hydrogens (tertiary/aromatic N) is 2. The molecule has 0 fully saturated rings. The van der Waals surface area contributed by atoms with Crippen molar-refractivity contribution in [2.24, 2.45) is 21.8 Å². The highest BCUT2D eigenvalue weighted by Gasteiger charge is 2.32. The van der Waals surface area contributed by atoms with Crippen LogP contribution in [0.1, 0.15) is 53.4 Å². The summed E-state index contributed by atoms with van der Waals surface area (Å²) in [6, 6.07) is -0.784. The Bertz CT molecular complexity index is 462. The molecule has 22 heavy (non-hydrogen) atoms. The third kappa shape index (κ3) is 4.39. The summed E-state index contributed by atoms with van der Waals surface area (Å²) in [7, 11) is 0. The Kier molecular flexibility index (Phi) is 5.32. The van der Waals surface area contributed by atoms with Gasteiger partial charge in [0.15, 0.2) is 23.9 Å². The van der Waals surface area contributed by atoms with Crippen molar-refractivity contribution < 1.29 is 19.1 Å². The minimum Gasteiger partial charge on any atom is -0.410 e. The molecule has 2 aliphatic rings. The summed E-state index contributed by atoms with van der Waals surface area (Å²) in [5, 5.41) is 0. The predicted octanol–water partition coefficient (Wildman–Crippen LogP) is 2.51. The van der Waals surface area contributed by atoms with Gasteiger partial charge < -0.3 is 9.47 Å². The molecule has 0 N–H and O–H groups in total. The van der Waals surface area contributed by atoms with Gasteiger partial charge in [0.25, 0.3) is 0 Å². The van der Waals surface area contributed by atoms with E-state index in [0.29, 0.717) is 49.3 Å². The average molecular weight is 308 g/mol. The van der Waals surface area contributed by atoms with Crippen LogP contribution in [0.3, 0.4) is 0 Å². The van der Waals surface area contributed by atoms with Gasteiger partial charge in [-0.2, -0.15) is 0 Å². The minimum absolute atomic E-state index is 0.285. The number of aliphatic imine (C=N–C) groups is 2. The largest absolute Gasteiger partial charge is 0.410 e. The van der Waals surface area contributed by atoms with Gasteiger partial charge in [-0.05, 0) is 24.7 Å². The van der Waals surface area contributed by atoms with Gasteiger partial charge in [0.05, 0.1) is 0 Å². The molecule has 2 heterocycles. The van der Waals surface area contributed by atoms with Gasteiger partial charge in [0, 0.05) is 12.8 Å². The van der Waals surface area contributed by atoms with Crippen molar-refractivity contribution in [2.75, 3.05) is 0 Å². The summed E-state index contributed by atoms with van der Waals surface area (Å²) in [6.45, 7) is 8.18. The molecular formula is C16H24N2O4.